The van der Waals surface area contributed by atoms with Crippen LogP contribution in [-0.4, -0.2) is 25.1 Å². The number of hydrogen-bond donors (Lipinski definition) is 1. The SMILES string of the molecule is CCn1nc(C)cc1CS(=O)c1ccc(CC(=O)O)cc1. The van der Waals surface area contributed by atoms with E-state index in [1.165, 1.54) is 0 Å². The monoisotopic (exact) mass is 306 g/mol. The van der Waals surface area contributed by atoms with E-state index in [4.69, 9.17) is 5.11 Å². The molecule has 0 aliphatic carbocycles. The molecule has 0 aliphatic rings. The van der Waals surface area contributed by atoms with Crippen molar-refractivity contribution in [2.45, 2.75) is 37.5 Å². The van der Waals surface area contributed by atoms with E-state index in [2.05, 4.69) is 5.10 Å². The molecule has 1 heterocycles. The fourth-order valence-electron chi connectivity index (χ4n) is 2.14. The van der Waals surface area contributed by atoms with Crippen molar-refractivity contribution in [3.05, 3.63) is 47.3 Å². The molecule has 0 radical (unpaired) electrons. The molecule has 5 nitrogen and oxygen atoms in total. The van der Waals surface area contributed by atoms with Crippen molar-refractivity contribution in [3.63, 3.8) is 0 Å². The normalized spacial score (nSPS) is 12.3. The van der Waals surface area contributed by atoms with Crippen molar-refractivity contribution in [1.82, 2.24) is 9.78 Å². The Balaban J connectivity index is 2.11. The maximum atomic E-state index is 12.4. The summed E-state index contributed by atoms with van der Waals surface area (Å²) < 4.78 is 14.2. The summed E-state index contributed by atoms with van der Waals surface area (Å²) in [4.78, 5) is 11.3. The first kappa shape index (κ1) is 15.4. The molecule has 2 rings (SSSR count). The van der Waals surface area contributed by atoms with Crippen LogP contribution in [0, 0.1) is 6.92 Å². The highest BCUT2D eigenvalue weighted by Crippen LogP contribution is 2.15. The van der Waals surface area contributed by atoms with Gasteiger partial charge in [-0.05, 0) is 37.6 Å². The van der Waals surface area contributed by atoms with Gasteiger partial charge in [-0.15, -0.1) is 0 Å². The van der Waals surface area contributed by atoms with Gasteiger partial charge in [0.1, 0.15) is 0 Å². The number of carboxylic acids is 1. The van der Waals surface area contributed by atoms with Crippen LogP contribution in [0.15, 0.2) is 35.2 Å². The Hall–Kier alpha value is -1.95. The van der Waals surface area contributed by atoms with Crippen molar-refractivity contribution in [2.75, 3.05) is 0 Å². The molecular weight excluding hydrogens is 288 g/mol. The van der Waals surface area contributed by atoms with Crippen LogP contribution >= 0.6 is 0 Å². The number of carbonyl (C=O) groups is 1. The molecule has 0 fully saturated rings. The first-order valence-corrected chi connectivity index (χ1v) is 8.04. The summed E-state index contributed by atoms with van der Waals surface area (Å²) in [6, 6.07) is 8.83. The van der Waals surface area contributed by atoms with Gasteiger partial charge < -0.3 is 5.11 Å². The van der Waals surface area contributed by atoms with Gasteiger partial charge in [0, 0.05) is 11.4 Å². The summed E-state index contributed by atoms with van der Waals surface area (Å²) in [7, 11) is -1.16. The van der Waals surface area contributed by atoms with Crippen molar-refractivity contribution in [3.8, 4) is 0 Å². The first-order chi connectivity index (χ1) is 9.99. The van der Waals surface area contributed by atoms with Gasteiger partial charge >= 0.3 is 5.97 Å². The van der Waals surface area contributed by atoms with Crippen molar-refractivity contribution < 1.29 is 14.1 Å². The number of aryl methyl sites for hydroxylation is 2. The molecule has 1 aromatic heterocycles. The average molecular weight is 306 g/mol. The van der Waals surface area contributed by atoms with E-state index in [0.717, 1.165) is 17.9 Å². The average Bonchev–Trinajstić information content (AvgIpc) is 2.78. The minimum atomic E-state index is -1.16. The highest BCUT2D eigenvalue weighted by molar-refractivity contribution is 7.84. The third-order valence-corrected chi connectivity index (χ3v) is 4.46. The zero-order valence-corrected chi connectivity index (χ0v) is 12.9. The van der Waals surface area contributed by atoms with Gasteiger partial charge in [-0.25, -0.2) is 0 Å². The van der Waals surface area contributed by atoms with Gasteiger partial charge in [-0.3, -0.25) is 13.7 Å². The number of carboxylic acid groups (broad SMARTS) is 1. The highest BCUT2D eigenvalue weighted by Gasteiger charge is 2.11. The van der Waals surface area contributed by atoms with Crippen LogP contribution in [0.4, 0.5) is 0 Å². The van der Waals surface area contributed by atoms with E-state index in [9.17, 15) is 9.00 Å². The molecule has 1 aromatic carbocycles. The zero-order valence-electron chi connectivity index (χ0n) is 12.1. The second-order valence-electron chi connectivity index (χ2n) is 4.80. The number of nitrogens with zero attached hydrogens (tertiary/aromatic N) is 2. The van der Waals surface area contributed by atoms with Crippen LogP contribution in [0.3, 0.4) is 0 Å². The third kappa shape index (κ3) is 4.01. The molecule has 0 saturated heterocycles. The molecule has 0 bridgehead atoms. The Bertz CT molecular complexity index is 662. The number of benzene rings is 1. The van der Waals surface area contributed by atoms with Gasteiger partial charge in [0.15, 0.2) is 0 Å². The Morgan fingerprint density at radius 2 is 2.00 bits per heavy atom. The van der Waals surface area contributed by atoms with Gasteiger partial charge in [0.05, 0.1) is 34.4 Å². The number of aromatic nitrogens is 2. The lowest BCUT2D eigenvalue weighted by Gasteiger charge is -2.06. The Labute approximate surface area is 126 Å². The predicted octanol–water partition coefficient (Wildman–Crippen LogP) is 2.15. The Morgan fingerprint density at radius 3 is 2.57 bits per heavy atom. The summed E-state index contributed by atoms with van der Waals surface area (Å²) in [5.74, 6) is -0.460. The number of aliphatic carboxylic acids is 1. The lowest BCUT2D eigenvalue weighted by Crippen LogP contribution is -2.06. The maximum absolute atomic E-state index is 12.4. The second-order valence-corrected chi connectivity index (χ2v) is 6.25. The van der Waals surface area contributed by atoms with Crippen LogP contribution in [0.5, 0.6) is 0 Å². The largest absolute Gasteiger partial charge is 0.481 e. The first-order valence-electron chi connectivity index (χ1n) is 6.72. The lowest BCUT2D eigenvalue weighted by atomic mass is 10.2. The van der Waals surface area contributed by atoms with Gasteiger partial charge in [0.2, 0.25) is 0 Å². The van der Waals surface area contributed by atoms with Crippen LogP contribution < -0.4 is 0 Å². The van der Waals surface area contributed by atoms with Crippen molar-refractivity contribution in [1.29, 1.82) is 0 Å². The molecule has 0 amide bonds. The Kier molecular flexibility index (Phi) is 4.90. The standard InChI is InChI=1S/C15H18N2O3S/c1-3-17-13(8-11(2)16-17)10-21(20)14-6-4-12(5-7-14)9-15(18)19/h4-8H,3,9-10H2,1-2H3,(H,18,19). The zero-order chi connectivity index (χ0) is 15.4. The van der Waals surface area contributed by atoms with Crippen molar-refractivity contribution in [2.24, 2.45) is 0 Å². The predicted molar refractivity (Wildman–Crippen MR) is 80.5 cm³/mol. The molecular formula is C15H18N2O3S. The van der Waals surface area contributed by atoms with Gasteiger partial charge in [0.25, 0.3) is 0 Å². The summed E-state index contributed by atoms with van der Waals surface area (Å²) in [6.07, 6.45) is -0.0191. The highest BCUT2D eigenvalue weighted by atomic mass is 32.2. The van der Waals surface area contributed by atoms with E-state index in [1.807, 2.05) is 24.6 Å². The molecule has 0 aliphatic heterocycles. The molecule has 1 N–H and O–H groups in total. The maximum Gasteiger partial charge on any atom is 0.307 e. The topological polar surface area (TPSA) is 72.2 Å². The van der Waals surface area contributed by atoms with E-state index < -0.39 is 16.8 Å². The van der Waals surface area contributed by atoms with Gasteiger partial charge in [-0.2, -0.15) is 5.10 Å². The molecule has 112 valence electrons. The number of hydrogen-bond acceptors (Lipinski definition) is 3. The lowest BCUT2D eigenvalue weighted by molar-refractivity contribution is -0.136. The molecule has 6 heteroatoms. The molecule has 2 aromatic rings. The summed E-state index contributed by atoms with van der Waals surface area (Å²) in [5, 5.41) is 13.1. The van der Waals surface area contributed by atoms with Crippen LogP contribution in [-0.2, 0) is 34.3 Å². The van der Waals surface area contributed by atoms with E-state index in [1.54, 1.807) is 24.3 Å². The fourth-order valence-corrected chi connectivity index (χ4v) is 3.25. The van der Waals surface area contributed by atoms with Crippen LogP contribution in [0.2, 0.25) is 0 Å². The molecule has 1 unspecified atom stereocenters. The molecule has 0 spiro atoms. The summed E-state index contributed by atoms with van der Waals surface area (Å²) in [5.41, 5.74) is 2.57. The van der Waals surface area contributed by atoms with E-state index >= 15 is 0 Å². The molecule has 21 heavy (non-hydrogen) atoms. The van der Waals surface area contributed by atoms with Crippen molar-refractivity contribution >= 4 is 16.8 Å². The molecule has 1 atom stereocenters. The van der Waals surface area contributed by atoms with E-state index in [-0.39, 0.29) is 6.42 Å². The summed E-state index contributed by atoms with van der Waals surface area (Å²) in [6.45, 7) is 4.66. The quantitative estimate of drug-likeness (QED) is 0.887. The third-order valence-electron chi connectivity index (χ3n) is 3.11. The minimum absolute atomic E-state index is 0.0191. The number of rotatable bonds is 6. The minimum Gasteiger partial charge on any atom is -0.481 e. The second kappa shape index (κ2) is 6.67. The van der Waals surface area contributed by atoms with Crippen LogP contribution in [0.25, 0.3) is 0 Å². The van der Waals surface area contributed by atoms with Gasteiger partial charge in [-0.1, -0.05) is 12.1 Å². The molecule has 0 saturated carbocycles. The fraction of sp³-hybridized carbons (Fsp3) is 0.333. The summed E-state index contributed by atoms with van der Waals surface area (Å²) >= 11 is 0. The Morgan fingerprint density at radius 1 is 1.33 bits per heavy atom. The smallest absolute Gasteiger partial charge is 0.307 e. The van der Waals surface area contributed by atoms with Crippen LogP contribution in [0.1, 0.15) is 23.9 Å². The van der Waals surface area contributed by atoms with E-state index in [0.29, 0.717) is 16.2 Å².